The van der Waals surface area contributed by atoms with E-state index < -0.39 is 23.8 Å². The van der Waals surface area contributed by atoms with E-state index in [1.807, 2.05) is 0 Å². The fourth-order valence-electron chi connectivity index (χ4n) is 3.90. The first-order valence-corrected chi connectivity index (χ1v) is 10.1. The number of amides is 1. The number of anilines is 1. The van der Waals surface area contributed by atoms with Crippen LogP contribution < -0.4 is 10.5 Å². The molecule has 0 aliphatic carbocycles. The molecule has 0 saturated heterocycles. The molecule has 7 nitrogen and oxygen atoms in total. The monoisotopic (exact) mass is 472 g/mol. The molecule has 0 saturated carbocycles. The molecule has 1 aliphatic rings. The highest BCUT2D eigenvalue weighted by Gasteiger charge is 2.32. The van der Waals surface area contributed by atoms with Crippen molar-refractivity contribution in [2.75, 3.05) is 12.3 Å². The smallest absolute Gasteiger partial charge is 0.424 e. The topological polar surface area (TPSA) is 94.5 Å². The Morgan fingerprint density at radius 3 is 2.74 bits per heavy atom. The average molecular weight is 472 g/mol. The third-order valence-electron chi connectivity index (χ3n) is 5.46. The number of benzene rings is 2. The van der Waals surface area contributed by atoms with Crippen molar-refractivity contribution in [2.45, 2.75) is 19.3 Å². The molecule has 11 heteroatoms. The summed E-state index contributed by atoms with van der Waals surface area (Å²) in [6.45, 7) is 0.0275. The van der Waals surface area contributed by atoms with Crippen LogP contribution in [-0.2, 0) is 13.0 Å². The summed E-state index contributed by atoms with van der Waals surface area (Å²) in [6, 6.07) is 9.67. The van der Waals surface area contributed by atoms with Crippen LogP contribution in [0.15, 0.2) is 53.1 Å². The standard InChI is InChI=1S/C23H16F4N4O3/c24-17-3-2-15(34-23(25,26)27)7-14(17)11-31-6-5-18-16(21(31)32)8-13(10-29-18)12-1-4-20-19(9-12)30-22(28)33-20/h1-4,7-10H,5-6,11H2,(H2,28,30). The van der Waals surface area contributed by atoms with Gasteiger partial charge in [-0.25, -0.2) is 4.39 Å². The molecule has 0 radical (unpaired) electrons. The number of carbonyl (C=O) groups excluding carboxylic acids is 1. The van der Waals surface area contributed by atoms with E-state index in [9.17, 15) is 22.4 Å². The Morgan fingerprint density at radius 2 is 1.94 bits per heavy atom. The Bertz CT molecular complexity index is 1420. The van der Waals surface area contributed by atoms with Crippen LogP contribution in [-0.4, -0.2) is 33.7 Å². The maximum absolute atomic E-state index is 14.3. The summed E-state index contributed by atoms with van der Waals surface area (Å²) in [5.41, 5.74) is 8.90. The highest BCUT2D eigenvalue weighted by molar-refractivity contribution is 5.97. The van der Waals surface area contributed by atoms with Crippen molar-refractivity contribution in [2.24, 2.45) is 0 Å². The molecule has 174 valence electrons. The predicted octanol–water partition coefficient (Wildman–Crippen LogP) is 4.71. The molecular formula is C23H16F4N4O3. The molecule has 5 rings (SSSR count). The second-order valence-electron chi connectivity index (χ2n) is 7.73. The van der Waals surface area contributed by atoms with Crippen LogP contribution in [0.4, 0.5) is 23.6 Å². The average Bonchev–Trinajstić information content (AvgIpc) is 3.16. The summed E-state index contributed by atoms with van der Waals surface area (Å²) in [4.78, 5) is 23.0. The van der Waals surface area contributed by atoms with Crippen LogP contribution in [0.5, 0.6) is 5.75 Å². The van der Waals surface area contributed by atoms with Crippen LogP contribution in [0.3, 0.4) is 0 Å². The van der Waals surface area contributed by atoms with Gasteiger partial charge in [0.15, 0.2) is 5.58 Å². The van der Waals surface area contributed by atoms with Crippen molar-refractivity contribution in [1.29, 1.82) is 0 Å². The molecule has 3 heterocycles. The number of halogens is 4. The van der Waals surface area contributed by atoms with E-state index >= 15 is 0 Å². The quantitative estimate of drug-likeness (QED) is 0.433. The summed E-state index contributed by atoms with van der Waals surface area (Å²) in [5, 5.41) is 0. The number of carbonyl (C=O) groups is 1. The van der Waals surface area contributed by atoms with E-state index in [1.54, 1.807) is 30.5 Å². The van der Waals surface area contributed by atoms with E-state index in [0.717, 1.165) is 23.8 Å². The highest BCUT2D eigenvalue weighted by Crippen LogP contribution is 2.30. The first-order chi connectivity index (χ1) is 16.2. The predicted molar refractivity (Wildman–Crippen MR) is 113 cm³/mol. The molecule has 0 spiro atoms. The number of hydrogen-bond donors (Lipinski definition) is 1. The molecule has 0 bridgehead atoms. The second-order valence-corrected chi connectivity index (χ2v) is 7.73. The van der Waals surface area contributed by atoms with E-state index in [1.165, 1.54) is 4.90 Å². The molecule has 34 heavy (non-hydrogen) atoms. The zero-order valence-corrected chi connectivity index (χ0v) is 17.4. The summed E-state index contributed by atoms with van der Waals surface area (Å²) in [5.74, 6) is -1.69. The van der Waals surface area contributed by atoms with Gasteiger partial charge in [-0.2, -0.15) is 4.98 Å². The lowest BCUT2D eigenvalue weighted by atomic mass is 9.99. The molecule has 0 unspecified atom stereocenters. The van der Waals surface area contributed by atoms with Gasteiger partial charge < -0.3 is 19.8 Å². The maximum Gasteiger partial charge on any atom is 0.573 e. The fraction of sp³-hybridized carbons (Fsp3) is 0.174. The summed E-state index contributed by atoms with van der Waals surface area (Å²) >= 11 is 0. The van der Waals surface area contributed by atoms with E-state index in [-0.39, 0.29) is 24.7 Å². The van der Waals surface area contributed by atoms with Crippen LogP contribution in [0.2, 0.25) is 0 Å². The normalized spacial score (nSPS) is 13.9. The lowest BCUT2D eigenvalue weighted by Gasteiger charge is -2.28. The SMILES string of the molecule is Nc1nc2cc(-c3cnc4c(c3)C(=O)N(Cc3cc(OC(F)(F)F)ccc3F)CC4)ccc2o1. The largest absolute Gasteiger partial charge is 0.573 e. The Labute approximate surface area is 189 Å². The van der Waals surface area contributed by atoms with Gasteiger partial charge in [0.2, 0.25) is 0 Å². The Hall–Kier alpha value is -4.15. The Balaban J connectivity index is 1.42. The number of ether oxygens (including phenoxy) is 1. The van der Waals surface area contributed by atoms with Gasteiger partial charge in [0, 0.05) is 36.8 Å². The summed E-state index contributed by atoms with van der Waals surface area (Å²) < 4.78 is 61.0. The molecule has 1 aliphatic heterocycles. The number of aromatic nitrogens is 2. The van der Waals surface area contributed by atoms with Gasteiger partial charge in [0.05, 0.1) is 11.3 Å². The van der Waals surface area contributed by atoms with Crippen molar-refractivity contribution in [1.82, 2.24) is 14.9 Å². The molecular weight excluding hydrogens is 456 g/mol. The molecule has 2 N–H and O–H groups in total. The van der Waals surface area contributed by atoms with Crippen molar-refractivity contribution in [3.05, 3.63) is 71.3 Å². The number of alkyl halides is 3. The molecule has 0 atom stereocenters. The zero-order valence-electron chi connectivity index (χ0n) is 17.4. The third kappa shape index (κ3) is 4.24. The third-order valence-corrected chi connectivity index (χ3v) is 5.46. The van der Waals surface area contributed by atoms with E-state index in [4.69, 9.17) is 10.2 Å². The first kappa shape index (κ1) is 21.7. The van der Waals surface area contributed by atoms with Gasteiger partial charge in [-0.1, -0.05) is 6.07 Å². The van der Waals surface area contributed by atoms with E-state index in [2.05, 4.69) is 14.7 Å². The van der Waals surface area contributed by atoms with Crippen LogP contribution in [0.25, 0.3) is 22.2 Å². The van der Waals surface area contributed by atoms with Gasteiger partial charge in [0.25, 0.3) is 11.9 Å². The number of nitrogens with zero attached hydrogens (tertiary/aromatic N) is 3. The Morgan fingerprint density at radius 1 is 1.12 bits per heavy atom. The zero-order chi connectivity index (χ0) is 24.0. The number of oxazole rings is 1. The van der Waals surface area contributed by atoms with Crippen molar-refractivity contribution in [3.8, 4) is 16.9 Å². The Kier molecular flexibility index (Phi) is 5.11. The van der Waals surface area contributed by atoms with Gasteiger partial charge in [-0.15, -0.1) is 13.2 Å². The van der Waals surface area contributed by atoms with E-state index in [0.29, 0.717) is 34.3 Å². The lowest BCUT2D eigenvalue weighted by Crippen LogP contribution is -2.37. The van der Waals surface area contributed by atoms with Gasteiger partial charge in [-0.3, -0.25) is 9.78 Å². The maximum atomic E-state index is 14.3. The second kappa shape index (κ2) is 8.01. The number of hydrogen-bond acceptors (Lipinski definition) is 6. The van der Waals surface area contributed by atoms with Crippen molar-refractivity contribution in [3.63, 3.8) is 0 Å². The van der Waals surface area contributed by atoms with Crippen LogP contribution in [0, 0.1) is 5.82 Å². The molecule has 1 amide bonds. The number of rotatable bonds is 4. The van der Waals surface area contributed by atoms with Crippen LogP contribution >= 0.6 is 0 Å². The van der Waals surface area contributed by atoms with Gasteiger partial charge >= 0.3 is 6.36 Å². The molecule has 0 fully saturated rings. The summed E-state index contributed by atoms with van der Waals surface area (Å²) in [6.07, 6.45) is -2.84. The number of nitrogens with two attached hydrogens (primary N) is 1. The molecule has 2 aromatic carbocycles. The van der Waals surface area contributed by atoms with Crippen molar-refractivity contribution >= 4 is 23.0 Å². The molecule has 2 aromatic heterocycles. The molecule has 4 aromatic rings. The van der Waals surface area contributed by atoms with Gasteiger partial charge in [0.1, 0.15) is 17.1 Å². The minimum atomic E-state index is -4.90. The highest BCUT2D eigenvalue weighted by atomic mass is 19.4. The number of pyridine rings is 1. The van der Waals surface area contributed by atoms with Gasteiger partial charge in [-0.05, 0) is 42.0 Å². The minimum Gasteiger partial charge on any atom is -0.424 e. The lowest BCUT2D eigenvalue weighted by molar-refractivity contribution is -0.274. The fourth-order valence-corrected chi connectivity index (χ4v) is 3.90. The van der Waals surface area contributed by atoms with Crippen molar-refractivity contribution < 1.29 is 31.5 Å². The summed E-state index contributed by atoms with van der Waals surface area (Å²) in [7, 11) is 0. The first-order valence-electron chi connectivity index (χ1n) is 10.1. The van der Waals surface area contributed by atoms with Crippen LogP contribution in [0.1, 0.15) is 21.6 Å². The minimum absolute atomic E-state index is 0.0403. The number of fused-ring (bicyclic) bond motifs is 2. The number of nitrogen functional groups attached to an aromatic ring is 1.